The van der Waals surface area contributed by atoms with Crippen molar-refractivity contribution >= 4 is 5.97 Å². The maximum Gasteiger partial charge on any atom is 0.490 e. The quantitative estimate of drug-likeness (QED) is 0.859. The number of carboxylic acids is 1. The van der Waals surface area contributed by atoms with Gasteiger partial charge in [-0.1, -0.05) is 0 Å². The average Bonchev–Trinajstić information content (AvgIpc) is 2.91. The third-order valence-electron chi connectivity index (χ3n) is 3.47. The Morgan fingerprint density at radius 2 is 1.73 bits per heavy atom. The molecule has 0 aromatic carbocycles. The van der Waals surface area contributed by atoms with Gasteiger partial charge in [0.15, 0.2) is 0 Å². The molecule has 2 rings (SSSR count). The Hall–Kier alpha value is -1.64. The Morgan fingerprint density at radius 3 is 2.05 bits per heavy atom. The van der Waals surface area contributed by atoms with Gasteiger partial charge in [-0.05, 0) is 33.6 Å². The van der Waals surface area contributed by atoms with Crippen LogP contribution in [-0.2, 0) is 4.79 Å². The van der Waals surface area contributed by atoms with Crippen molar-refractivity contribution in [3.05, 3.63) is 12.7 Å². The first-order chi connectivity index (χ1) is 10.0. The Kier molecular flexibility index (Phi) is 5.92. The molecule has 1 saturated heterocycles. The zero-order chi connectivity index (χ0) is 17.0. The van der Waals surface area contributed by atoms with Crippen molar-refractivity contribution in [2.24, 2.45) is 0 Å². The predicted molar refractivity (Wildman–Crippen MR) is 73.3 cm³/mol. The Labute approximate surface area is 126 Å². The number of likely N-dealkylation sites (tertiary alicyclic amines) is 1. The van der Waals surface area contributed by atoms with E-state index < -0.39 is 12.1 Å². The lowest BCUT2D eigenvalue weighted by atomic mass is 9.98. The molecule has 0 atom stereocenters. The van der Waals surface area contributed by atoms with Crippen LogP contribution in [0.3, 0.4) is 0 Å². The van der Waals surface area contributed by atoms with Crippen molar-refractivity contribution in [2.45, 2.75) is 51.4 Å². The number of carboxylic acid groups (broad SMARTS) is 1. The van der Waals surface area contributed by atoms with Gasteiger partial charge < -0.3 is 5.11 Å². The Balaban J connectivity index is 0.000000295. The van der Waals surface area contributed by atoms with Crippen LogP contribution < -0.4 is 0 Å². The summed E-state index contributed by atoms with van der Waals surface area (Å²) in [5.41, 5.74) is 0.299. The molecule has 6 nitrogen and oxygen atoms in total. The molecule has 1 N–H and O–H groups in total. The molecule has 0 radical (unpaired) electrons. The van der Waals surface area contributed by atoms with Crippen molar-refractivity contribution in [3.63, 3.8) is 0 Å². The number of halogens is 3. The lowest BCUT2D eigenvalue weighted by Crippen LogP contribution is -2.46. The van der Waals surface area contributed by atoms with Crippen LogP contribution in [0.2, 0.25) is 0 Å². The molecule has 0 unspecified atom stereocenters. The number of aliphatic carboxylic acids is 1. The van der Waals surface area contributed by atoms with Crippen LogP contribution >= 0.6 is 0 Å². The number of hydrogen-bond donors (Lipinski definition) is 1. The minimum atomic E-state index is -5.08. The molecule has 1 aromatic rings. The zero-order valence-corrected chi connectivity index (χ0v) is 12.8. The van der Waals surface area contributed by atoms with Crippen molar-refractivity contribution in [2.75, 3.05) is 13.1 Å². The van der Waals surface area contributed by atoms with Gasteiger partial charge in [0.05, 0.1) is 6.04 Å². The number of alkyl halides is 3. The van der Waals surface area contributed by atoms with E-state index in [2.05, 4.69) is 35.8 Å². The molecule has 0 aliphatic carbocycles. The van der Waals surface area contributed by atoms with Gasteiger partial charge in [0.1, 0.15) is 12.7 Å². The number of aromatic nitrogens is 3. The van der Waals surface area contributed by atoms with Crippen LogP contribution in [-0.4, -0.2) is 55.5 Å². The van der Waals surface area contributed by atoms with Gasteiger partial charge in [0.25, 0.3) is 0 Å². The summed E-state index contributed by atoms with van der Waals surface area (Å²) in [4.78, 5) is 15.4. The third-order valence-corrected chi connectivity index (χ3v) is 3.47. The highest BCUT2D eigenvalue weighted by molar-refractivity contribution is 5.73. The van der Waals surface area contributed by atoms with Crippen molar-refractivity contribution in [1.82, 2.24) is 19.7 Å². The molecule has 1 aliphatic rings. The van der Waals surface area contributed by atoms with Crippen LogP contribution in [0.5, 0.6) is 0 Å². The van der Waals surface area contributed by atoms with Gasteiger partial charge in [-0.15, -0.1) is 0 Å². The van der Waals surface area contributed by atoms with E-state index in [4.69, 9.17) is 9.90 Å². The monoisotopic (exact) mass is 322 g/mol. The topological polar surface area (TPSA) is 71.2 Å². The average molecular weight is 322 g/mol. The van der Waals surface area contributed by atoms with Crippen molar-refractivity contribution in [3.8, 4) is 0 Å². The highest BCUT2D eigenvalue weighted by Gasteiger charge is 2.38. The van der Waals surface area contributed by atoms with E-state index in [1.165, 1.54) is 12.8 Å². The van der Waals surface area contributed by atoms with Gasteiger partial charge in [0.2, 0.25) is 0 Å². The van der Waals surface area contributed by atoms with Gasteiger partial charge in [-0.2, -0.15) is 18.3 Å². The van der Waals surface area contributed by atoms with Crippen LogP contribution in [0, 0.1) is 0 Å². The van der Waals surface area contributed by atoms with Crippen LogP contribution in [0.15, 0.2) is 12.7 Å². The molecular weight excluding hydrogens is 301 g/mol. The van der Waals surface area contributed by atoms with E-state index >= 15 is 0 Å². The normalized spacial score (nSPS) is 17.7. The first kappa shape index (κ1) is 18.4. The summed E-state index contributed by atoms with van der Waals surface area (Å²) in [5.74, 6) is -2.76. The number of nitrogens with zero attached hydrogens (tertiary/aromatic N) is 4. The summed E-state index contributed by atoms with van der Waals surface area (Å²) < 4.78 is 33.7. The molecule has 1 fully saturated rings. The summed E-state index contributed by atoms with van der Waals surface area (Å²) in [7, 11) is 0. The molecule has 9 heteroatoms. The summed E-state index contributed by atoms with van der Waals surface area (Å²) in [6.45, 7) is 9.16. The standard InChI is InChI=1S/C11H20N4.C2HF3O2/c1-11(2,3)14-6-4-10(5-7-14)15-9-12-8-13-15;3-2(4,5)1(6)7/h8-10H,4-7H2,1-3H3;(H,6,7). The fraction of sp³-hybridized carbons (Fsp3) is 0.769. The Bertz CT molecular complexity index is 461. The SMILES string of the molecule is CC(C)(C)N1CCC(n2cncn2)CC1.O=C(O)C(F)(F)F. The van der Waals surface area contributed by atoms with Gasteiger partial charge in [0, 0.05) is 18.6 Å². The summed E-state index contributed by atoms with van der Waals surface area (Å²) in [5, 5.41) is 11.3. The molecule has 1 aliphatic heterocycles. The minimum Gasteiger partial charge on any atom is -0.475 e. The molecule has 0 amide bonds. The van der Waals surface area contributed by atoms with Crippen LogP contribution in [0.1, 0.15) is 39.7 Å². The third kappa shape index (κ3) is 5.63. The highest BCUT2D eigenvalue weighted by atomic mass is 19.4. The second kappa shape index (κ2) is 7.08. The Morgan fingerprint density at radius 1 is 1.23 bits per heavy atom. The molecule has 2 heterocycles. The van der Waals surface area contributed by atoms with E-state index in [-0.39, 0.29) is 0 Å². The maximum absolute atomic E-state index is 10.6. The number of carbonyl (C=O) groups is 1. The lowest BCUT2D eigenvalue weighted by Gasteiger charge is -2.40. The van der Waals surface area contributed by atoms with Crippen LogP contribution in [0.25, 0.3) is 0 Å². The number of rotatable bonds is 1. The van der Waals surface area contributed by atoms with Crippen molar-refractivity contribution < 1.29 is 23.1 Å². The second-order valence-corrected chi connectivity index (χ2v) is 6.07. The summed E-state index contributed by atoms with van der Waals surface area (Å²) >= 11 is 0. The zero-order valence-electron chi connectivity index (χ0n) is 12.8. The van der Waals surface area contributed by atoms with Crippen molar-refractivity contribution in [1.29, 1.82) is 0 Å². The largest absolute Gasteiger partial charge is 0.490 e. The molecule has 22 heavy (non-hydrogen) atoms. The van der Waals surface area contributed by atoms with E-state index in [9.17, 15) is 13.2 Å². The molecule has 0 saturated carbocycles. The fourth-order valence-electron chi connectivity index (χ4n) is 2.21. The fourth-order valence-corrected chi connectivity index (χ4v) is 2.21. The number of hydrogen-bond acceptors (Lipinski definition) is 4. The van der Waals surface area contributed by atoms with Crippen LogP contribution in [0.4, 0.5) is 13.2 Å². The van der Waals surface area contributed by atoms with Gasteiger partial charge in [-0.25, -0.2) is 14.5 Å². The molecule has 1 aromatic heterocycles. The molecular formula is C13H21F3N4O2. The second-order valence-electron chi connectivity index (χ2n) is 6.07. The first-order valence-corrected chi connectivity index (χ1v) is 6.91. The maximum atomic E-state index is 10.6. The molecule has 0 bridgehead atoms. The van der Waals surface area contributed by atoms with E-state index in [1.807, 2.05) is 11.0 Å². The molecule has 126 valence electrons. The van der Waals surface area contributed by atoms with Gasteiger partial charge >= 0.3 is 12.1 Å². The first-order valence-electron chi connectivity index (χ1n) is 6.91. The predicted octanol–water partition coefficient (Wildman–Crippen LogP) is 2.35. The van der Waals surface area contributed by atoms with Gasteiger partial charge in [-0.3, -0.25) is 4.90 Å². The highest BCUT2D eigenvalue weighted by Crippen LogP contribution is 2.25. The molecule has 0 spiro atoms. The minimum absolute atomic E-state index is 0.299. The summed E-state index contributed by atoms with van der Waals surface area (Å²) in [6.07, 6.45) is 0.731. The number of piperidine rings is 1. The van der Waals surface area contributed by atoms with E-state index in [1.54, 1.807) is 6.33 Å². The summed E-state index contributed by atoms with van der Waals surface area (Å²) in [6, 6.07) is 0.547. The smallest absolute Gasteiger partial charge is 0.475 e. The lowest BCUT2D eigenvalue weighted by molar-refractivity contribution is -0.192. The van der Waals surface area contributed by atoms with E-state index in [0.29, 0.717) is 11.6 Å². The van der Waals surface area contributed by atoms with E-state index in [0.717, 1.165) is 13.1 Å².